The van der Waals surface area contributed by atoms with E-state index in [0.717, 1.165) is 35.4 Å². The van der Waals surface area contributed by atoms with Crippen LogP contribution in [0.3, 0.4) is 0 Å². The summed E-state index contributed by atoms with van der Waals surface area (Å²) in [4.78, 5) is 5.64. The Bertz CT molecular complexity index is 847. The summed E-state index contributed by atoms with van der Waals surface area (Å²) in [5.41, 5.74) is 2.91. The minimum atomic E-state index is -0.308. The van der Waals surface area contributed by atoms with Crippen molar-refractivity contribution >= 4 is 29.0 Å². The van der Waals surface area contributed by atoms with Crippen LogP contribution in [0.4, 0.5) is 10.1 Å². The Kier molecular flexibility index (Phi) is 3.72. The minimum absolute atomic E-state index is 0.259. The molecule has 0 aromatic heterocycles. The molecule has 1 heterocycles. The van der Waals surface area contributed by atoms with Gasteiger partial charge < -0.3 is 4.74 Å². The molecule has 0 N–H and O–H groups in total. The number of aliphatic imine (C=N–C) groups is 1. The molecule has 2 atom stereocenters. The fourth-order valence-corrected chi connectivity index (χ4v) is 4.32. The van der Waals surface area contributed by atoms with Gasteiger partial charge in [-0.25, -0.2) is 4.39 Å². The van der Waals surface area contributed by atoms with Gasteiger partial charge in [-0.05, 0) is 54.5 Å². The Morgan fingerprint density at radius 2 is 2.08 bits per heavy atom. The van der Waals surface area contributed by atoms with Crippen molar-refractivity contribution in [1.29, 1.82) is 0 Å². The van der Waals surface area contributed by atoms with Crippen molar-refractivity contribution in [2.24, 2.45) is 4.99 Å². The molecule has 4 rings (SSSR count). The van der Waals surface area contributed by atoms with Gasteiger partial charge in [0.2, 0.25) is 0 Å². The molecular formula is C20H18FNOS. The first-order valence-electron chi connectivity index (χ1n) is 8.15. The number of nitrogens with zero attached hydrogens (tertiary/aromatic N) is 1. The standard InChI is InChI=1S/C20H18FNOS/c1-23-18-8-6-13(10-16(18)21)14-7-9-19(24)20(11-14)12-22-17-5-3-2-4-15(17)20/h2-6,8,10,12,14H,7,9,11H2,1H3. The molecule has 2 aromatic carbocycles. The molecule has 1 aliphatic heterocycles. The Morgan fingerprint density at radius 1 is 1.25 bits per heavy atom. The predicted octanol–water partition coefficient (Wildman–Crippen LogP) is 5.13. The zero-order chi connectivity index (χ0) is 16.7. The predicted molar refractivity (Wildman–Crippen MR) is 98.4 cm³/mol. The zero-order valence-electron chi connectivity index (χ0n) is 13.5. The van der Waals surface area contributed by atoms with Crippen molar-refractivity contribution in [2.45, 2.75) is 30.6 Å². The zero-order valence-corrected chi connectivity index (χ0v) is 14.3. The largest absolute Gasteiger partial charge is 0.494 e. The number of thiocarbonyl (C=S) groups is 1. The van der Waals surface area contributed by atoms with Gasteiger partial charge in [0, 0.05) is 11.1 Å². The fraction of sp³-hybridized carbons (Fsp3) is 0.300. The summed E-state index contributed by atoms with van der Waals surface area (Å²) in [5.74, 6) is 0.236. The Labute approximate surface area is 146 Å². The number of hydrogen-bond acceptors (Lipinski definition) is 3. The molecule has 0 radical (unpaired) electrons. The summed E-state index contributed by atoms with van der Waals surface area (Å²) in [6, 6.07) is 13.5. The van der Waals surface area contributed by atoms with Crippen LogP contribution in [0.5, 0.6) is 5.75 Å². The molecule has 2 unspecified atom stereocenters. The van der Waals surface area contributed by atoms with E-state index in [1.807, 2.05) is 30.5 Å². The Balaban J connectivity index is 1.71. The van der Waals surface area contributed by atoms with Gasteiger partial charge in [0.15, 0.2) is 11.6 Å². The van der Waals surface area contributed by atoms with Crippen molar-refractivity contribution in [3.05, 3.63) is 59.4 Å². The maximum absolute atomic E-state index is 14.1. The van der Waals surface area contributed by atoms with E-state index in [9.17, 15) is 4.39 Å². The fourth-order valence-electron chi connectivity index (χ4n) is 3.95. The van der Waals surface area contributed by atoms with Crippen LogP contribution in [0.2, 0.25) is 0 Å². The first kappa shape index (κ1) is 15.5. The molecule has 1 fully saturated rings. The van der Waals surface area contributed by atoms with E-state index < -0.39 is 0 Å². The molecule has 2 aromatic rings. The highest BCUT2D eigenvalue weighted by molar-refractivity contribution is 7.80. The van der Waals surface area contributed by atoms with E-state index in [1.54, 1.807) is 12.1 Å². The van der Waals surface area contributed by atoms with Gasteiger partial charge in [0.25, 0.3) is 0 Å². The molecule has 24 heavy (non-hydrogen) atoms. The van der Waals surface area contributed by atoms with E-state index >= 15 is 0 Å². The molecular weight excluding hydrogens is 321 g/mol. The summed E-state index contributed by atoms with van der Waals surface area (Å²) in [7, 11) is 1.48. The Hall–Kier alpha value is -2.07. The lowest BCUT2D eigenvalue weighted by molar-refractivity contribution is 0.385. The Morgan fingerprint density at radius 3 is 2.88 bits per heavy atom. The van der Waals surface area contributed by atoms with Gasteiger partial charge in [-0.1, -0.05) is 36.5 Å². The molecule has 1 spiro atoms. The summed E-state index contributed by atoms with van der Waals surface area (Å²) in [5, 5.41) is 0. The molecule has 0 saturated heterocycles. The van der Waals surface area contributed by atoms with Crippen LogP contribution in [0.15, 0.2) is 47.5 Å². The summed E-state index contributed by atoms with van der Waals surface area (Å²) in [6.45, 7) is 0. The number of methoxy groups -OCH3 is 1. The van der Waals surface area contributed by atoms with E-state index in [-0.39, 0.29) is 22.9 Å². The second-order valence-electron chi connectivity index (χ2n) is 6.50. The third-order valence-electron chi connectivity index (χ3n) is 5.24. The number of rotatable bonds is 2. The lowest BCUT2D eigenvalue weighted by Gasteiger charge is -2.38. The number of para-hydroxylation sites is 1. The van der Waals surface area contributed by atoms with Gasteiger partial charge in [-0.3, -0.25) is 4.99 Å². The molecule has 122 valence electrons. The van der Waals surface area contributed by atoms with Gasteiger partial charge in [0.05, 0.1) is 18.2 Å². The highest BCUT2D eigenvalue weighted by atomic mass is 32.1. The summed E-state index contributed by atoms with van der Waals surface area (Å²) >= 11 is 5.74. The quantitative estimate of drug-likeness (QED) is 0.708. The molecule has 1 saturated carbocycles. The number of hydrogen-bond donors (Lipinski definition) is 0. The average molecular weight is 339 g/mol. The summed E-state index contributed by atoms with van der Waals surface area (Å²) in [6.07, 6.45) is 4.65. The number of benzene rings is 2. The van der Waals surface area contributed by atoms with Gasteiger partial charge in [0.1, 0.15) is 0 Å². The van der Waals surface area contributed by atoms with E-state index in [1.165, 1.54) is 12.7 Å². The van der Waals surface area contributed by atoms with Crippen LogP contribution in [0.25, 0.3) is 0 Å². The molecule has 0 bridgehead atoms. The summed E-state index contributed by atoms with van der Waals surface area (Å²) < 4.78 is 19.1. The normalized spacial score (nSPS) is 25.1. The second kappa shape index (κ2) is 5.78. The van der Waals surface area contributed by atoms with Crippen molar-refractivity contribution in [3.8, 4) is 5.75 Å². The van der Waals surface area contributed by atoms with Crippen LogP contribution in [0.1, 0.15) is 36.3 Å². The third kappa shape index (κ3) is 2.28. The molecule has 4 heteroatoms. The SMILES string of the molecule is COc1ccc(C2CCC(=S)C3(C=Nc4ccccc43)C2)cc1F. The van der Waals surface area contributed by atoms with Gasteiger partial charge in [-0.2, -0.15) is 0 Å². The minimum Gasteiger partial charge on any atom is -0.494 e. The maximum Gasteiger partial charge on any atom is 0.165 e. The number of ether oxygens (including phenoxy) is 1. The van der Waals surface area contributed by atoms with Crippen LogP contribution in [0, 0.1) is 5.82 Å². The van der Waals surface area contributed by atoms with Crippen LogP contribution >= 0.6 is 12.2 Å². The van der Waals surface area contributed by atoms with Gasteiger partial charge in [-0.15, -0.1) is 0 Å². The lowest BCUT2D eigenvalue weighted by Crippen LogP contribution is -2.40. The molecule has 2 aliphatic rings. The monoisotopic (exact) mass is 339 g/mol. The lowest BCUT2D eigenvalue weighted by atomic mass is 9.65. The van der Waals surface area contributed by atoms with Crippen LogP contribution < -0.4 is 4.74 Å². The molecule has 1 aliphatic carbocycles. The van der Waals surface area contributed by atoms with E-state index in [0.29, 0.717) is 0 Å². The van der Waals surface area contributed by atoms with Crippen LogP contribution in [-0.4, -0.2) is 18.2 Å². The molecule has 2 nitrogen and oxygen atoms in total. The number of fused-ring (bicyclic) bond motifs is 2. The van der Waals surface area contributed by atoms with E-state index in [2.05, 4.69) is 11.1 Å². The highest BCUT2D eigenvalue weighted by Crippen LogP contribution is 2.49. The average Bonchev–Trinajstić information content (AvgIpc) is 2.97. The first-order chi connectivity index (χ1) is 11.6. The smallest absolute Gasteiger partial charge is 0.165 e. The van der Waals surface area contributed by atoms with Gasteiger partial charge >= 0.3 is 0 Å². The first-order valence-corrected chi connectivity index (χ1v) is 8.56. The third-order valence-corrected chi connectivity index (χ3v) is 5.81. The van der Waals surface area contributed by atoms with Crippen molar-refractivity contribution in [3.63, 3.8) is 0 Å². The topological polar surface area (TPSA) is 21.6 Å². The van der Waals surface area contributed by atoms with Crippen molar-refractivity contribution < 1.29 is 9.13 Å². The van der Waals surface area contributed by atoms with E-state index in [4.69, 9.17) is 17.0 Å². The second-order valence-corrected chi connectivity index (χ2v) is 7.00. The van der Waals surface area contributed by atoms with Crippen molar-refractivity contribution in [2.75, 3.05) is 7.11 Å². The molecule has 0 amide bonds. The number of halogens is 1. The van der Waals surface area contributed by atoms with Crippen molar-refractivity contribution in [1.82, 2.24) is 0 Å². The maximum atomic E-state index is 14.1. The highest BCUT2D eigenvalue weighted by Gasteiger charge is 2.44. The van der Waals surface area contributed by atoms with Crippen LogP contribution in [-0.2, 0) is 5.41 Å².